The molecular weight excluding hydrogens is 552 g/mol. The van der Waals surface area contributed by atoms with Gasteiger partial charge in [-0.15, -0.1) is 0 Å². The van der Waals surface area contributed by atoms with Crippen LogP contribution in [0.1, 0.15) is 112 Å². The van der Waals surface area contributed by atoms with Crippen LogP contribution in [0.15, 0.2) is 0 Å². The first-order chi connectivity index (χ1) is 20.9. The third-order valence-electron chi connectivity index (χ3n) is 16.2. The molecule has 2 unspecified atom stereocenters. The Morgan fingerprint density at radius 3 is 2.52 bits per heavy atom. The van der Waals surface area contributed by atoms with E-state index >= 15 is 0 Å². The molecule has 2 spiro atoms. The Kier molecular flexibility index (Phi) is 7.05. The van der Waals surface area contributed by atoms with E-state index in [0.717, 1.165) is 19.3 Å². The third-order valence-corrected chi connectivity index (χ3v) is 16.2. The van der Waals surface area contributed by atoms with E-state index in [4.69, 9.17) is 19.9 Å². The zero-order chi connectivity index (χ0) is 30.9. The predicted octanol–water partition coefficient (Wildman–Crippen LogP) is 5.52. The fourth-order valence-corrected chi connectivity index (χ4v) is 13.8. The van der Waals surface area contributed by atoms with Crippen LogP contribution < -0.4 is 5.73 Å². The zero-order valence-electron chi connectivity index (χ0n) is 28.2. The Hall–Kier alpha value is -0.730. The monoisotopic (exact) mass is 612 g/mol. The van der Waals surface area contributed by atoms with E-state index in [9.17, 15) is 9.90 Å². The molecule has 8 aliphatic rings. The number of rotatable bonds is 6. The van der Waals surface area contributed by atoms with Crippen molar-refractivity contribution in [3.05, 3.63) is 0 Å². The lowest BCUT2D eigenvalue weighted by molar-refractivity contribution is -0.248. The second-order valence-electron chi connectivity index (χ2n) is 18.1. The molecule has 0 bridgehead atoms. The van der Waals surface area contributed by atoms with Crippen LogP contribution in [0.2, 0.25) is 0 Å². The van der Waals surface area contributed by atoms with E-state index in [1.165, 1.54) is 51.4 Å². The van der Waals surface area contributed by atoms with Gasteiger partial charge in [0.1, 0.15) is 0 Å². The number of nitrogens with two attached hydrogens (primary N) is 1. The number of amides is 1. The Balaban J connectivity index is 1.01. The van der Waals surface area contributed by atoms with Gasteiger partial charge < -0.3 is 30.0 Å². The number of hydrogen-bond acceptors (Lipinski definition) is 6. The Morgan fingerprint density at radius 2 is 1.77 bits per heavy atom. The number of carbonyl (C=O) groups excluding carboxylic acids is 1. The van der Waals surface area contributed by atoms with Gasteiger partial charge in [-0.3, -0.25) is 4.79 Å². The maximum Gasteiger partial charge on any atom is 0.223 e. The number of aliphatic hydroxyl groups excluding tert-OH is 1. The highest BCUT2D eigenvalue weighted by Gasteiger charge is 2.84. The van der Waals surface area contributed by atoms with Crippen molar-refractivity contribution in [1.82, 2.24) is 4.90 Å². The van der Waals surface area contributed by atoms with Crippen LogP contribution in [0.4, 0.5) is 0 Å². The highest BCUT2D eigenvalue weighted by molar-refractivity contribution is 5.76. The van der Waals surface area contributed by atoms with Crippen molar-refractivity contribution >= 4 is 5.91 Å². The maximum atomic E-state index is 12.9. The summed E-state index contributed by atoms with van der Waals surface area (Å²) in [6.07, 6.45) is 13.2. The minimum absolute atomic E-state index is 0.0490. The molecule has 0 radical (unpaired) electrons. The van der Waals surface area contributed by atoms with Gasteiger partial charge in [-0.25, -0.2) is 0 Å². The maximum absolute atomic E-state index is 12.9. The van der Waals surface area contributed by atoms with Gasteiger partial charge in [-0.1, -0.05) is 34.6 Å². The van der Waals surface area contributed by atoms with Gasteiger partial charge in [0.2, 0.25) is 5.91 Å². The first-order valence-corrected chi connectivity index (χ1v) is 18.5. The fraction of sp³-hybridized carbons (Fsp3) is 0.973. The minimum Gasteiger partial charge on any atom is -0.390 e. The summed E-state index contributed by atoms with van der Waals surface area (Å²) in [4.78, 5) is 14.9. The van der Waals surface area contributed by atoms with Crippen molar-refractivity contribution in [2.75, 3.05) is 26.2 Å². The highest BCUT2D eigenvalue weighted by atomic mass is 16.7. The number of nitrogens with zero attached hydrogens (tertiary/aromatic N) is 1. The zero-order valence-corrected chi connectivity index (χ0v) is 28.2. The molecule has 8 rings (SSSR count). The van der Waals surface area contributed by atoms with Gasteiger partial charge >= 0.3 is 0 Å². The SMILES string of the molecule is C[C@@H]1C[C@H](CCN)O[C@H]2C1[C@@]1(C)CC[C@@]34C[C@@]35CC[C@H](OC3CN(C(=O)CC6CC6)CCO3)C(C)(C)[C@@H]5CC[C@H]4[C@]1(C)[C@H]2O. The summed E-state index contributed by atoms with van der Waals surface area (Å²) in [6, 6.07) is 0. The molecule has 3 N–H and O–H groups in total. The molecule has 8 fully saturated rings. The van der Waals surface area contributed by atoms with Crippen LogP contribution in [0.3, 0.4) is 0 Å². The number of morpholine rings is 1. The normalized spacial score (nSPS) is 54.0. The molecule has 44 heavy (non-hydrogen) atoms. The second-order valence-corrected chi connectivity index (χ2v) is 18.1. The second kappa shape index (κ2) is 10.1. The van der Waals surface area contributed by atoms with Gasteiger partial charge in [-0.05, 0) is 128 Å². The molecule has 2 heterocycles. The van der Waals surface area contributed by atoms with E-state index in [0.29, 0.717) is 73.1 Å². The molecule has 7 heteroatoms. The van der Waals surface area contributed by atoms with Gasteiger partial charge in [0.15, 0.2) is 6.29 Å². The van der Waals surface area contributed by atoms with Crippen molar-refractivity contribution in [3.8, 4) is 0 Å². The molecule has 0 aromatic heterocycles. The van der Waals surface area contributed by atoms with Crippen molar-refractivity contribution < 1.29 is 24.1 Å². The topological polar surface area (TPSA) is 94.3 Å². The number of hydrogen-bond donors (Lipinski definition) is 2. The summed E-state index contributed by atoms with van der Waals surface area (Å²) in [6.45, 7) is 14.9. The van der Waals surface area contributed by atoms with Crippen molar-refractivity contribution in [2.24, 2.45) is 62.4 Å². The molecular formula is C37H60N2O5. The van der Waals surface area contributed by atoms with Gasteiger partial charge in [0.25, 0.3) is 0 Å². The Morgan fingerprint density at radius 1 is 1.02 bits per heavy atom. The highest BCUT2D eigenvalue weighted by Crippen LogP contribution is 2.89. The molecule has 13 atom stereocenters. The molecule has 2 saturated heterocycles. The first-order valence-electron chi connectivity index (χ1n) is 18.5. The predicted molar refractivity (Wildman–Crippen MR) is 168 cm³/mol. The first kappa shape index (κ1) is 30.6. The third kappa shape index (κ3) is 4.00. The van der Waals surface area contributed by atoms with E-state index in [1.807, 2.05) is 4.90 Å². The summed E-state index contributed by atoms with van der Waals surface area (Å²) in [5, 5.41) is 12.3. The van der Waals surface area contributed by atoms with Crippen LogP contribution in [-0.2, 0) is 19.0 Å². The molecule has 6 aliphatic carbocycles. The molecule has 0 aromatic carbocycles. The smallest absolute Gasteiger partial charge is 0.223 e. The van der Waals surface area contributed by atoms with E-state index in [-0.39, 0.29) is 46.8 Å². The Bertz CT molecular complexity index is 1160. The molecule has 6 saturated carbocycles. The van der Waals surface area contributed by atoms with Gasteiger partial charge in [-0.2, -0.15) is 0 Å². The summed E-state index contributed by atoms with van der Waals surface area (Å²) < 4.78 is 19.7. The van der Waals surface area contributed by atoms with Crippen LogP contribution in [0, 0.1) is 56.7 Å². The van der Waals surface area contributed by atoms with E-state index < -0.39 is 6.10 Å². The molecule has 0 aromatic rings. The number of aliphatic hydroxyl groups is 1. The number of ether oxygens (including phenoxy) is 3. The van der Waals surface area contributed by atoms with Crippen LogP contribution in [-0.4, -0.2) is 72.9 Å². The van der Waals surface area contributed by atoms with E-state index in [2.05, 4.69) is 34.6 Å². The lowest BCUT2D eigenvalue weighted by atomic mass is 9.41. The van der Waals surface area contributed by atoms with Crippen molar-refractivity contribution in [2.45, 2.75) is 142 Å². The molecule has 2 aliphatic heterocycles. The van der Waals surface area contributed by atoms with Crippen LogP contribution in [0.5, 0.6) is 0 Å². The number of fused-ring (bicyclic) bond motifs is 4. The quantitative estimate of drug-likeness (QED) is 0.411. The number of carbonyl (C=O) groups is 1. The van der Waals surface area contributed by atoms with E-state index in [1.54, 1.807) is 0 Å². The van der Waals surface area contributed by atoms with Crippen molar-refractivity contribution in [3.63, 3.8) is 0 Å². The summed E-state index contributed by atoms with van der Waals surface area (Å²) in [5.41, 5.74) is 6.70. The standard InChI is InChI=1S/C37H60N2O5/c1-22-18-24(11-15-38)43-31-30(22)34(4)13-14-37-21-36(37)12-10-27(33(2,3)25(36)8-9-26(37)35(34,5)32(31)41)44-29-20-39(16-17-42-29)28(40)19-23-6-7-23/h22-27,29-32,41H,6-21,38H2,1-5H3/t22-,24+,25+,26+,27+,29?,30?,31+,32+,34-,35-,36-,37+/m1/s1. The van der Waals surface area contributed by atoms with Crippen molar-refractivity contribution in [1.29, 1.82) is 0 Å². The average molecular weight is 613 g/mol. The average Bonchev–Trinajstić information content (AvgIpc) is 3.90. The Labute approximate surface area is 265 Å². The largest absolute Gasteiger partial charge is 0.390 e. The minimum atomic E-state index is -0.404. The molecule has 1 amide bonds. The lowest BCUT2D eigenvalue weighted by Gasteiger charge is -2.64. The molecule has 248 valence electrons. The van der Waals surface area contributed by atoms with Gasteiger partial charge in [0, 0.05) is 18.4 Å². The summed E-state index contributed by atoms with van der Waals surface area (Å²) in [7, 11) is 0. The lowest BCUT2D eigenvalue weighted by Crippen LogP contribution is -2.60. The molecule has 7 nitrogen and oxygen atoms in total. The summed E-state index contributed by atoms with van der Waals surface area (Å²) in [5.74, 6) is 3.05. The van der Waals surface area contributed by atoms with Gasteiger partial charge in [0.05, 0.1) is 37.6 Å². The van der Waals surface area contributed by atoms with Crippen LogP contribution >= 0.6 is 0 Å². The van der Waals surface area contributed by atoms with Crippen LogP contribution in [0.25, 0.3) is 0 Å². The summed E-state index contributed by atoms with van der Waals surface area (Å²) >= 11 is 0. The fourth-order valence-electron chi connectivity index (χ4n) is 13.8.